The normalized spacial score (nSPS) is 13.6. The van der Waals surface area contributed by atoms with Gasteiger partial charge >= 0.3 is 0 Å². The van der Waals surface area contributed by atoms with Crippen LogP contribution in [0.5, 0.6) is 0 Å². The van der Waals surface area contributed by atoms with Gasteiger partial charge in [0, 0.05) is 24.3 Å². The molecule has 2 aromatic rings. The smallest absolute Gasteiger partial charge is 0.160 e. The van der Waals surface area contributed by atoms with Gasteiger partial charge in [-0.05, 0) is 19.9 Å². The van der Waals surface area contributed by atoms with E-state index in [1.54, 1.807) is 12.5 Å². The van der Waals surface area contributed by atoms with Crippen LogP contribution < -0.4 is 5.73 Å². The lowest BCUT2D eigenvalue weighted by atomic mass is 10.1. The first-order valence-electron chi connectivity index (χ1n) is 5.34. The Morgan fingerprint density at radius 3 is 2.81 bits per heavy atom. The van der Waals surface area contributed by atoms with E-state index in [1.165, 1.54) is 0 Å². The minimum Gasteiger partial charge on any atom is -0.387 e. The average molecular weight is 220 g/mol. The van der Waals surface area contributed by atoms with Crippen LogP contribution in [0.3, 0.4) is 0 Å². The highest BCUT2D eigenvalue weighted by Gasteiger charge is 2.11. The number of aromatic nitrogens is 3. The van der Waals surface area contributed by atoms with E-state index >= 15 is 0 Å². The van der Waals surface area contributed by atoms with E-state index in [1.807, 2.05) is 10.6 Å². The standard InChI is InChI=1S/C11H16N4O/c1-7(2)15-6-14-9-3-8(10(16)4-12)5-13-11(9)15/h3,5-7,10,16H,4,12H2,1-2H3. The molecule has 0 bridgehead atoms. The zero-order valence-corrected chi connectivity index (χ0v) is 9.46. The first-order valence-corrected chi connectivity index (χ1v) is 5.34. The maximum atomic E-state index is 9.61. The van der Waals surface area contributed by atoms with Crippen LogP contribution >= 0.6 is 0 Å². The molecule has 86 valence electrons. The molecule has 2 aromatic heterocycles. The third-order valence-electron chi connectivity index (χ3n) is 2.60. The fourth-order valence-electron chi connectivity index (χ4n) is 1.63. The summed E-state index contributed by atoms with van der Waals surface area (Å²) >= 11 is 0. The molecular formula is C11H16N4O. The van der Waals surface area contributed by atoms with Gasteiger partial charge < -0.3 is 15.4 Å². The summed E-state index contributed by atoms with van der Waals surface area (Å²) in [5.41, 5.74) is 7.74. The van der Waals surface area contributed by atoms with Crippen molar-refractivity contribution in [1.82, 2.24) is 14.5 Å². The number of rotatable bonds is 3. The zero-order valence-electron chi connectivity index (χ0n) is 9.46. The molecule has 3 N–H and O–H groups in total. The summed E-state index contributed by atoms with van der Waals surface area (Å²) in [6.07, 6.45) is 2.75. The molecule has 2 heterocycles. The van der Waals surface area contributed by atoms with Crippen molar-refractivity contribution >= 4 is 11.2 Å². The SMILES string of the molecule is CC(C)n1cnc2cc(C(O)CN)cnc21. The Balaban J connectivity index is 2.49. The molecule has 5 nitrogen and oxygen atoms in total. The molecule has 0 aromatic carbocycles. The van der Waals surface area contributed by atoms with Crippen molar-refractivity contribution in [2.45, 2.75) is 26.0 Å². The molecule has 0 radical (unpaired) electrons. The number of fused-ring (bicyclic) bond motifs is 1. The van der Waals surface area contributed by atoms with Crippen LogP contribution in [0.1, 0.15) is 31.6 Å². The maximum absolute atomic E-state index is 9.61. The molecule has 0 saturated heterocycles. The van der Waals surface area contributed by atoms with Gasteiger partial charge in [0.05, 0.1) is 12.4 Å². The summed E-state index contributed by atoms with van der Waals surface area (Å²) in [6, 6.07) is 2.15. The predicted molar refractivity (Wildman–Crippen MR) is 61.9 cm³/mol. The maximum Gasteiger partial charge on any atom is 0.160 e. The fourth-order valence-corrected chi connectivity index (χ4v) is 1.63. The van der Waals surface area contributed by atoms with Gasteiger partial charge in [0.15, 0.2) is 5.65 Å². The van der Waals surface area contributed by atoms with Crippen LogP contribution in [-0.4, -0.2) is 26.2 Å². The van der Waals surface area contributed by atoms with Gasteiger partial charge in [0.25, 0.3) is 0 Å². The van der Waals surface area contributed by atoms with E-state index in [0.29, 0.717) is 11.6 Å². The Hall–Kier alpha value is -1.46. The van der Waals surface area contributed by atoms with Crippen LogP contribution in [0.4, 0.5) is 0 Å². The predicted octanol–water partition coefficient (Wildman–Crippen LogP) is 1.00. The second-order valence-corrected chi connectivity index (χ2v) is 4.11. The number of pyridine rings is 1. The van der Waals surface area contributed by atoms with Crippen molar-refractivity contribution < 1.29 is 5.11 Å². The van der Waals surface area contributed by atoms with Crippen LogP contribution in [-0.2, 0) is 0 Å². The molecule has 0 saturated carbocycles. The lowest BCUT2D eigenvalue weighted by Crippen LogP contribution is -2.11. The quantitative estimate of drug-likeness (QED) is 0.809. The Labute approximate surface area is 93.9 Å². The first-order chi connectivity index (χ1) is 7.63. The second-order valence-electron chi connectivity index (χ2n) is 4.11. The summed E-state index contributed by atoms with van der Waals surface area (Å²) < 4.78 is 1.99. The number of aliphatic hydroxyl groups excluding tert-OH is 1. The van der Waals surface area contributed by atoms with Crippen molar-refractivity contribution in [3.63, 3.8) is 0 Å². The van der Waals surface area contributed by atoms with Crippen molar-refractivity contribution in [2.75, 3.05) is 6.54 Å². The highest BCUT2D eigenvalue weighted by Crippen LogP contribution is 2.19. The zero-order chi connectivity index (χ0) is 11.7. The van der Waals surface area contributed by atoms with Gasteiger partial charge in [-0.15, -0.1) is 0 Å². The Morgan fingerprint density at radius 1 is 1.44 bits per heavy atom. The van der Waals surface area contributed by atoms with Gasteiger partial charge in [-0.3, -0.25) is 0 Å². The minimum atomic E-state index is -0.666. The van der Waals surface area contributed by atoms with E-state index in [4.69, 9.17) is 5.73 Å². The number of imidazole rings is 1. The van der Waals surface area contributed by atoms with Crippen LogP contribution in [0, 0.1) is 0 Å². The Bertz CT molecular complexity index is 492. The molecule has 16 heavy (non-hydrogen) atoms. The van der Waals surface area contributed by atoms with E-state index < -0.39 is 6.10 Å². The third-order valence-corrected chi connectivity index (χ3v) is 2.60. The molecule has 0 aliphatic carbocycles. The number of hydrogen-bond acceptors (Lipinski definition) is 4. The molecule has 0 fully saturated rings. The Kier molecular flexibility index (Phi) is 2.89. The largest absolute Gasteiger partial charge is 0.387 e. The molecule has 0 aliphatic heterocycles. The van der Waals surface area contributed by atoms with Gasteiger partial charge in [-0.25, -0.2) is 9.97 Å². The van der Waals surface area contributed by atoms with E-state index in [2.05, 4.69) is 23.8 Å². The van der Waals surface area contributed by atoms with Crippen LogP contribution in [0.2, 0.25) is 0 Å². The van der Waals surface area contributed by atoms with Crippen molar-refractivity contribution in [1.29, 1.82) is 0 Å². The van der Waals surface area contributed by atoms with Crippen molar-refractivity contribution in [3.8, 4) is 0 Å². The van der Waals surface area contributed by atoms with Gasteiger partial charge in [-0.2, -0.15) is 0 Å². The van der Waals surface area contributed by atoms with Crippen LogP contribution in [0.15, 0.2) is 18.6 Å². The number of nitrogens with two attached hydrogens (primary N) is 1. The summed E-state index contributed by atoms with van der Waals surface area (Å²) in [5, 5.41) is 9.61. The van der Waals surface area contributed by atoms with E-state index in [0.717, 1.165) is 11.2 Å². The summed E-state index contributed by atoms with van der Waals surface area (Å²) in [5.74, 6) is 0. The van der Waals surface area contributed by atoms with Gasteiger partial charge in [0.2, 0.25) is 0 Å². The molecule has 2 rings (SSSR count). The molecule has 1 atom stereocenters. The Morgan fingerprint density at radius 2 is 2.19 bits per heavy atom. The van der Waals surface area contributed by atoms with Crippen LogP contribution in [0.25, 0.3) is 11.2 Å². The number of aliphatic hydroxyl groups is 1. The average Bonchev–Trinajstić information content (AvgIpc) is 2.70. The molecule has 0 spiro atoms. The van der Waals surface area contributed by atoms with Crippen molar-refractivity contribution in [3.05, 3.63) is 24.2 Å². The van der Waals surface area contributed by atoms with E-state index in [9.17, 15) is 5.11 Å². The van der Waals surface area contributed by atoms with Gasteiger partial charge in [-0.1, -0.05) is 0 Å². The highest BCUT2D eigenvalue weighted by molar-refractivity contribution is 5.71. The van der Waals surface area contributed by atoms with Gasteiger partial charge in [0.1, 0.15) is 5.52 Å². The molecular weight excluding hydrogens is 204 g/mol. The number of nitrogens with zero attached hydrogens (tertiary/aromatic N) is 3. The van der Waals surface area contributed by atoms with E-state index in [-0.39, 0.29) is 6.54 Å². The lowest BCUT2D eigenvalue weighted by Gasteiger charge is -2.09. The minimum absolute atomic E-state index is 0.193. The summed E-state index contributed by atoms with van der Waals surface area (Å²) in [7, 11) is 0. The fraction of sp³-hybridized carbons (Fsp3) is 0.455. The topological polar surface area (TPSA) is 77.0 Å². The lowest BCUT2D eigenvalue weighted by molar-refractivity contribution is 0.186. The highest BCUT2D eigenvalue weighted by atomic mass is 16.3. The van der Waals surface area contributed by atoms with Crippen molar-refractivity contribution in [2.24, 2.45) is 5.73 Å². The number of hydrogen-bond donors (Lipinski definition) is 2. The summed E-state index contributed by atoms with van der Waals surface area (Å²) in [6.45, 7) is 4.34. The summed E-state index contributed by atoms with van der Waals surface area (Å²) in [4.78, 5) is 8.58. The monoisotopic (exact) mass is 220 g/mol. The molecule has 1 unspecified atom stereocenters. The molecule has 0 aliphatic rings. The molecule has 0 amide bonds. The molecule has 5 heteroatoms. The third kappa shape index (κ3) is 1.79. The second kappa shape index (κ2) is 4.19. The first kappa shape index (κ1) is 11.0.